The summed E-state index contributed by atoms with van der Waals surface area (Å²) in [6.45, 7) is 1.91. The highest BCUT2D eigenvalue weighted by Crippen LogP contribution is 1.99. The molecule has 0 aliphatic heterocycles. The van der Waals surface area contributed by atoms with Crippen LogP contribution in [0.4, 0.5) is 0 Å². The molecule has 1 aromatic rings. The quantitative estimate of drug-likeness (QED) is 0.724. The molecule has 0 saturated carbocycles. The Labute approximate surface area is 74.7 Å². The van der Waals surface area contributed by atoms with Crippen LogP contribution in [0.25, 0.3) is 0 Å². The number of hydrogen-bond acceptors (Lipinski definition) is 4. The van der Waals surface area contributed by atoms with Gasteiger partial charge in [-0.3, -0.25) is 4.79 Å². The van der Waals surface area contributed by atoms with Gasteiger partial charge in [-0.1, -0.05) is 5.21 Å². The number of hydrogen-bond donors (Lipinski definition) is 1. The number of amides is 1. The van der Waals surface area contributed by atoms with Gasteiger partial charge in [-0.25, -0.2) is 0 Å². The molecule has 12 heavy (non-hydrogen) atoms. The van der Waals surface area contributed by atoms with Crippen molar-refractivity contribution in [3.8, 4) is 0 Å². The molecule has 0 radical (unpaired) electrons. The predicted molar refractivity (Wildman–Crippen MR) is 46.5 cm³/mol. The first kappa shape index (κ1) is 9.05. The van der Waals surface area contributed by atoms with Gasteiger partial charge < -0.3 is 5.32 Å². The highest BCUT2D eigenvalue weighted by molar-refractivity contribution is 7.97. The topological polar surface area (TPSA) is 59.8 Å². The standard InChI is InChI=1S/C6H10N4OS/c1-5(11)7-3-6-4-10(12-2)9-8-6/h4H,3H2,1-2H3,(H,7,11). The van der Waals surface area contributed by atoms with E-state index < -0.39 is 0 Å². The van der Waals surface area contributed by atoms with Crippen molar-refractivity contribution in [1.82, 2.24) is 19.7 Å². The van der Waals surface area contributed by atoms with E-state index in [1.807, 2.05) is 6.26 Å². The van der Waals surface area contributed by atoms with Crippen molar-refractivity contribution in [1.29, 1.82) is 0 Å². The Morgan fingerprint density at radius 3 is 3.08 bits per heavy atom. The summed E-state index contributed by atoms with van der Waals surface area (Å²) in [7, 11) is 0. The zero-order valence-corrected chi connectivity index (χ0v) is 7.76. The number of rotatable bonds is 3. The second-order valence-corrected chi connectivity index (χ2v) is 2.94. The first-order chi connectivity index (χ1) is 5.72. The lowest BCUT2D eigenvalue weighted by Gasteiger charge is -1.94. The van der Waals surface area contributed by atoms with E-state index in [1.165, 1.54) is 18.9 Å². The molecule has 5 nitrogen and oxygen atoms in total. The monoisotopic (exact) mass is 186 g/mol. The van der Waals surface area contributed by atoms with E-state index in [-0.39, 0.29) is 5.91 Å². The summed E-state index contributed by atoms with van der Waals surface area (Å²) in [5, 5.41) is 10.3. The van der Waals surface area contributed by atoms with E-state index in [9.17, 15) is 4.79 Å². The van der Waals surface area contributed by atoms with Crippen molar-refractivity contribution in [3.05, 3.63) is 11.9 Å². The van der Waals surface area contributed by atoms with Crippen molar-refractivity contribution >= 4 is 17.9 Å². The van der Waals surface area contributed by atoms with E-state index in [0.29, 0.717) is 6.54 Å². The van der Waals surface area contributed by atoms with Crippen LogP contribution in [-0.2, 0) is 11.3 Å². The smallest absolute Gasteiger partial charge is 0.217 e. The second kappa shape index (κ2) is 4.10. The van der Waals surface area contributed by atoms with Crippen molar-refractivity contribution in [2.75, 3.05) is 6.26 Å². The average molecular weight is 186 g/mol. The Morgan fingerprint density at radius 2 is 2.58 bits per heavy atom. The minimum atomic E-state index is -0.0614. The lowest BCUT2D eigenvalue weighted by Crippen LogP contribution is -2.19. The van der Waals surface area contributed by atoms with Crippen LogP contribution in [0.3, 0.4) is 0 Å². The number of aromatic nitrogens is 3. The molecule has 0 aliphatic carbocycles. The van der Waals surface area contributed by atoms with Gasteiger partial charge in [0.2, 0.25) is 5.91 Å². The Hall–Kier alpha value is -1.04. The summed E-state index contributed by atoms with van der Waals surface area (Å²) in [4.78, 5) is 10.5. The van der Waals surface area contributed by atoms with Gasteiger partial charge in [0.15, 0.2) is 0 Å². The maximum atomic E-state index is 10.5. The molecule has 6 heteroatoms. The van der Waals surface area contributed by atoms with Crippen molar-refractivity contribution in [2.45, 2.75) is 13.5 Å². The third-order valence-electron chi connectivity index (χ3n) is 1.23. The van der Waals surface area contributed by atoms with Gasteiger partial charge in [0.25, 0.3) is 0 Å². The minimum absolute atomic E-state index is 0.0614. The fraction of sp³-hybridized carbons (Fsp3) is 0.500. The fourth-order valence-electron chi connectivity index (χ4n) is 0.666. The van der Waals surface area contributed by atoms with Crippen LogP contribution in [0.2, 0.25) is 0 Å². The van der Waals surface area contributed by atoms with Crippen LogP contribution >= 0.6 is 11.9 Å². The molecule has 1 amide bonds. The van der Waals surface area contributed by atoms with Crippen LogP contribution in [0.1, 0.15) is 12.6 Å². The highest BCUT2D eigenvalue weighted by Gasteiger charge is 1.99. The molecule has 1 heterocycles. The van der Waals surface area contributed by atoms with Crippen molar-refractivity contribution in [2.24, 2.45) is 0 Å². The first-order valence-electron chi connectivity index (χ1n) is 3.42. The molecule has 0 fully saturated rings. The summed E-state index contributed by atoms with van der Waals surface area (Å²) in [5.41, 5.74) is 0.763. The van der Waals surface area contributed by atoms with Crippen LogP contribution in [0.15, 0.2) is 6.20 Å². The first-order valence-corrected chi connectivity index (χ1v) is 4.60. The van der Waals surface area contributed by atoms with E-state index in [4.69, 9.17) is 0 Å². The molecule has 0 unspecified atom stereocenters. The Bertz CT molecular complexity index is 272. The number of nitrogens with one attached hydrogen (secondary N) is 1. The zero-order valence-electron chi connectivity index (χ0n) is 6.94. The summed E-state index contributed by atoms with van der Waals surface area (Å²) in [5.74, 6) is -0.0614. The number of carbonyl (C=O) groups is 1. The van der Waals surface area contributed by atoms with Crippen molar-refractivity contribution < 1.29 is 4.79 Å². The zero-order chi connectivity index (χ0) is 8.97. The van der Waals surface area contributed by atoms with Crippen LogP contribution in [0, 0.1) is 0 Å². The Morgan fingerprint density at radius 1 is 1.83 bits per heavy atom. The second-order valence-electron chi connectivity index (χ2n) is 2.20. The average Bonchev–Trinajstić information content (AvgIpc) is 2.48. The highest BCUT2D eigenvalue weighted by atomic mass is 32.2. The van der Waals surface area contributed by atoms with Crippen molar-refractivity contribution in [3.63, 3.8) is 0 Å². The molecule has 0 atom stereocenters. The molecule has 0 aliphatic rings. The van der Waals surface area contributed by atoms with Crippen LogP contribution in [0.5, 0.6) is 0 Å². The molecule has 1 rings (SSSR count). The van der Waals surface area contributed by atoms with E-state index >= 15 is 0 Å². The largest absolute Gasteiger partial charge is 0.351 e. The normalized spacial score (nSPS) is 9.83. The maximum Gasteiger partial charge on any atom is 0.217 e. The third-order valence-corrected chi connectivity index (χ3v) is 1.78. The molecule has 0 spiro atoms. The van der Waals surface area contributed by atoms with Crippen LogP contribution < -0.4 is 5.32 Å². The van der Waals surface area contributed by atoms with Gasteiger partial charge in [0.1, 0.15) is 5.69 Å². The minimum Gasteiger partial charge on any atom is -0.351 e. The van der Waals surface area contributed by atoms with E-state index in [1.54, 1.807) is 10.3 Å². The summed E-state index contributed by atoms with van der Waals surface area (Å²) >= 11 is 1.45. The molecular formula is C6H10N4OS. The number of carbonyl (C=O) groups excluding carboxylic acids is 1. The summed E-state index contributed by atoms with van der Waals surface area (Å²) in [6, 6.07) is 0. The van der Waals surface area contributed by atoms with Gasteiger partial charge in [0, 0.05) is 13.2 Å². The third kappa shape index (κ3) is 2.54. The summed E-state index contributed by atoms with van der Waals surface area (Å²) in [6.07, 6.45) is 3.68. The lowest BCUT2D eigenvalue weighted by atomic mass is 10.5. The molecule has 0 aromatic carbocycles. The fourth-order valence-corrected chi connectivity index (χ4v) is 1.00. The van der Waals surface area contributed by atoms with Gasteiger partial charge >= 0.3 is 0 Å². The molecule has 1 N–H and O–H groups in total. The van der Waals surface area contributed by atoms with Gasteiger partial charge in [0.05, 0.1) is 12.7 Å². The summed E-state index contributed by atoms with van der Waals surface area (Å²) < 4.78 is 1.64. The van der Waals surface area contributed by atoms with E-state index in [2.05, 4.69) is 15.6 Å². The lowest BCUT2D eigenvalue weighted by molar-refractivity contribution is -0.119. The SMILES string of the molecule is CSn1cc(CNC(C)=O)nn1. The number of nitrogens with zero attached hydrogens (tertiary/aromatic N) is 3. The van der Waals surface area contributed by atoms with Gasteiger partial charge in [-0.15, -0.1) is 5.10 Å². The van der Waals surface area contributed by atoms with Gasteiger partial charge in [-0.05, 0) is 11.9 Å². The molecular weight excluding hydrogens is 176 g/mol. The molecule has 66 valence electrons. The molecule has 1 aromatic heterocycles. The molecule has 0 bridgehead atoms. The molecule has 0 saturated heterocycles. The van der Waals surface area contributed by atoms with E-state index in [0.717, 1.165) is 5.69 Å². The van der Waals surface area contributed by atoms with Crippen LogP contribution in [-0.4, -0.2) is 26.6 Å². The Balaban J connectivity index is 2.47. The Kier molecular flexibility index (Phi) is 3.09. The predicted octanol–water partition coefficient (Wildman–Crippen LogP) is 0.0403. The maximum absolute atomic E-state index is 10.5. The van der Waals surface area contributed by atoms with Gasteiger partial charge in [-0.2, -0.15) is 4.09 Å².